The Balaban J connectivity index is 1.25. The van der Waals surface area contributed by atoms with Gasteiger partial charge in [-0.3, -0.25) is 0 Å². The number of methoxy groups -OCH3 is 2. The van der Waals surface area contributed by atoms with Gasteiger partial charge in [-0.1, -0.05) is 213 Å². The fourth-order valence-electron chi connectivity index (χ4n) is 10.9. The maximum Gasteiger partial charge on any atom is 0.119 e. The quantitative estimate of drug-likeness (QED) is 0.0506. The SMILES string of the molecule is CCCCCCCCCCc1ccc(N2C3=CC(c4ccccc4)(c4cccc(OC)c4)N(c4ccc(CCCCCCCCCC)cc4)C3=CC2(c2ccccc2)c2cccc(OC)c2)cc1. The molecule has 0 saturated heterocycles. The van der Waals surface area contributed by atoms with E-state index in [4.69, 9.17) is 9.47 Å². The molecule has 0 aromatic heterocycles. The van der Waals surface area contributed by atoms with E-state index in [1.165, 1.54) is 125 Å². The van der Waals surface area contributed by atoms with Gasteiger partial charge in [0.15, 0.2) is 0 Å². The van der Waals surface area contributed by atoms with E-state index in [0.29, 0.717) is 0 Å². The lowest BCUT2D eigenvalue weighted by atomic mass is 9.79. The zero-order valence-electron chi connectivity index (χ0n) is 41.6. The van der Waals surface area contributed by atoms with Crippen molar-refractivity contribution in [1.82, 2.24) is 0 Å². The van der Waals surface area contributed by atoms with Gasteiger partial charge in [0.1, 0.15) is 22.6 Å². The predicted molar refractivity (Wildman–Crippen MR) is 287 cm³/mol. The van der Waals surface area contributed by atoms with Crippen molar-refractivity contribution in [3.63, 3.8) is 0 Å². The first-order valence-electron chi connectivity index (χ1n) is 26.2. The number of ether oxygens (including phenoxy) is 2. The molecule has 0 fully saturated rings. The lowest BCUT2D eigenvalue weighted by molar-refractivity contribution is 0.413. The predicted octanol–water partition coefficient (Wildman–Crippen LogP) is 17.1. The van der Waals surface area contributed by atoms with Crippen LogP contribution in [0.4, 0.5) is 11.4 Å². The number of aryl methyl sites for hydroxylation is 2. The first-order valence-corrected chi connectivity index (χ1v) is 26.2. The maximum atomic E-state index is 5.98. The third-order valence-corrected chi connectivity index (χ3v) is 14.6. The number of benzene rings is 6. The molecule has 6 aromatic carbocycles. The van der Waals surface area contributed by atoms with Crippen molar-refractivity contribution in [2.24, 2.45) is 0 Å². The molecule has 4 nitrogen and oxygen atoms in total. The van der Waals surface area contributed by atoms with Crippen LogP contribution in [-0.2, 0) is 23.9 Å². The van der Waals surface area contributed by atoms with Crippen molar-refractivity contribution in [1.29, 1.82) is 0 Å². The summed E-state index contributed by atoms with van der Waals surface area (Å²) >= 11 is 0. The highest BCUT2D eigenvalue weighted by Gasteiger charge is 2.56. The second-order valence-electron chi connectivity index (χ2n) is 19.2. The van der Waals surface area contributed by atoms with Crippen LogP contribution in [0, 0.1) is 0 Å². The van der Waals surface area contributed by atoms with Crippen molar-refractivity contribution >= 4 is 11.4 Å². The summed E-state index contributed by atoms with van der Waals surface area (Å²) < 4.78 is 12.0. The third kappa shape index (κ3) is 10.7. The van der Waals surface area contributed by atoms with E-state index in [1.54, 1.807) is 14.2 Å². The molecule has 0 spiro atoms. The van der Waals surface area contributed by atoms with Crippen LogP contribution in [0.1, 0.15) is 150 Å². The molecule has 68 heavy (non-hydrogen) atoms. The lowest BCUT2D eigenvalue weighted by Crippen LogP contribution is -2.44. The third-order valence-electron chi connectivity index (χ3n) is 14.6. The van der Waals surface area contributed by atoms with Gasteiger partial charge >= 0.3 is 0 Å². The van der Waals surface area contributed by atoms with Gasteiger partial charge in [-0.15, -0.1) is 0 Å². The first kappa shape index (κ1) is 48.5. The molecule has 8 rings (SSSR count). The van der Waals surface area contributed by atoms with Gasteiger partial charge in [0.25, 0.3) is 0 Å². The van der Waals surface area contributed by atoms with Crippen LogP contribution in [0.2, 0.25) is 0 Å². The van der Waals surface area contributed by atoms with E-state index in [1.807, 2.05) is 0 Å². The lowest BCUT2D eigenvalue weighted by Gasteiger charge is -2.43. The van der Waals surface area contributed by atoms with Gasteiger partial charge in [-0.2, -0.15) is 0 Å². The zero-order valence-corrected chi connectivity index (χ0v) is 41.6. The Labute approximate surface area is 409 Å². The minimum atomic E-state index is -0.720. The number of anilines is 2. The fraction of sp³-hybridized carbons (Fsp3) is 0.375. The van der Waals surface area contributed by atoms with Crippen molar-refractivity contribution in [3.05, 3.63) is 215 Å². The van der Waals surface area contributed by atoms with Gasteiger partial charge in [0.05, 0.1) is 25.6 Å². The van der Waals surface area contributed by atoms with Gasteiger partial charge in [0, 0.05) is 11.4 Å². The van der Waals surface area contributed by atoms with E-state index < -0.39 is 11.1 Å². The molecule has 0 radical (unpaired) electrons. The summed E-state index contributed by atoms with van der Waals surface area (Å²) in [5.74, 6) is 1.67. The Bertz CT molecular complexity index is 2350. The molecule has 2 unspecified atom stereocenters. The molecule has 2 heterocycles. The molecule has 0 N–H and O–H groups in total. The maximum absolute atomic E-state index is 5.98. The van der Waals surface area contributed by atoms with E-state index in [0.717, 1.165) is 58.2 Å². The largest absolute Gasteiger partial charge is 0.497 e. The molecule has 2 aliphatic rings. The van der Waals surface area contributed by atoms with Crippen LogP contribution in [0.25, 0.3) is 0 Å². The number of unbranched alkanes of at least 4 members (excludes halogenated alkanes) is 14. The molecule has 354 valence electrons. The smallest absolute Gasteiger partial charge is 0.119 e. The zero-order chi connectivity index (χ0) is 47.0. The number of rotatable bonds is 26. The summed E-state index contributed by atoms with van der Waals surface area (Å²) in [5, 5.41) is 0. The summed E-state index contributed by atoms with van der Waals surface area (Å²) in [6.07, 6.45) is 28.4. The number of fused-ring (bicyclic) bond motifs is 1. The second kappa shape index (κ2) is 23.8. The van der Waals surface area contributed by atoms with Crippen LogP contribution < -0.4 is 19.3 Å². The van der Waals surface area contributed by atoms with E-state index in [2.05, 4.69) is 194 Å². The summed E-state index contributed by atoms with van der Waals surface area (Å²) in [7, 11) is 3.54. The molecular weight excluding hydrogens is 829 g/mol. The molecular formula is C64H76N2O2. The molecule has 6 aromatic rings. The van der Waals surface area contributed by atoms with Crippen LogP contribution >= 0.6 is 0 Å². The Morgan fingerprint density at radius 2 is 0.691 bits per heavy atom. The molecule has 2 atom stereocenters. The van der Waals surface area contributed by atoms with Crippen LogP contribution in [-0.4, -0.2) is 14.2 Å². The second-order valence-corrected chi connectivity index (χ2v) is 19.2. The molecule has 2 aliphatic heterocycles. The van der Waals surface area contributed by atoms with Crippen LogP contribution in [0.15, 0.2) is 181 Å². The summed E-state index contributed by atoms with van der Waals surface area (Å²) in [5.41, 5.74) is 10.6. The molecule has 0 amide bonds. The van der Waals surface area contributed by atoms with Crippen molar-refractivity contribution in [3.8, 4) is 11.5 Å². The molecule has 0 bridgehead atoms. The number of nitrogens with zero attached hydrogens (tertiary/aromatic N) is 2. The molecule has 0 aliphatic carbocycles. The minimum absolute atomic E-state index is 0.720. The number of hydrogen-bond acceptors (Lipinski definition) is 4. The van der Waals surface area contributed by atoms with E-state index in [-0.39, 0.29) is 0 Å². The average Bonchev–Trinajstić information content (AvgIpc) is 3.91. The highest BCUT2D eigenvalue weighted by molar-refractivity contribution is 5.82. The Morgan fingerprint density at radius 1 is 0.353 bits per heavy atom. The van der Waals surface area contributed by atoms with Crippen molar-refractivity contribution in [2.45, 2.75) is 141 Å². The normalized spacial score (nSPS) is 17.5. The topological polar surface area (TPSA) is 24.9 Å². The average molecular weight is 905 g/mol. The highest BCUT2D eigenvalue weighted by Crippen LogP contribution is 2.59. The van der Waals surface area contributed by atoms with E-state index >= 15 is 0 Å². The Hall–Kier alpha value is -6.00. The minimum Gasteiger partial charge on any atom is -0.497 e. The summed E-state index contributed by atoms with van der Waals surface area (Å²) in [6.45, 7) is 4.59. The molecule has 4 heteroatoms. The standard InChI is InChI=1S/C64H76N2O2/c1-5-7-9-11-13-15-17-21-29-51-39-43-57(44-40-51)65-61-49-64(54-33-25-20-26-34-54,56-36-28-38-60(48-56)68-4)66(58-45-41-52(42-46-58)30-22-18-16-14-12-10-8-6-2)62(61)50-63(65,53-31-23-19-24-32-53)55-35-27-37-59(47-55)67-3/h19-20,23-28,31-50H,5-18,21-22,29-30H2,1-4H3. The Morgan fingerprint density at radius 3 is 1.04 bits per heavy atom. The monoisotopic (exact) mass is 905 g/mol. The molecule has 0 saturated carbocycles. The summed E-state index contributed by atoms with van der Waals surface area (Å²) in [4.78, 5) is 5.22. The fourth-order valence-corrected chi connectivity index (χ4v) is 10.9. The first-order chi connectivity index (χ1) is 33.5. The van der Waals surface area contributed by atoms with Crippen LogP contribution in [0.3, 0.4) is 0 Å². The van der Waals surface area contributed by atoms with Gasteiger partial charge in [-0.25, -0.2) is 0 Å². The summed E-state index contributed by atoms with van der Waals surface area (Å²) in [6, 6.07) is 58.5. The number of hydrogen-bond donors (Lipinski definition) is 0. The van der Waals surface area contributed by atoms with Crippen molar-refractivity contribution < 1.29 is 9.47 Å². The Kier molecular flexibility index (Phi) is 17.0. The van der Waals surface area contributed by atoms with Gasteiger partial charge in [-0.05, 0) is 120 Å². The van der Waals surface area contributed by atoms with Gasteiger partial charge < -0.3 is 19.3 Å². The van der Waals surface area contributed by atoms with Gasteiger partial charge in [0.2, 0.25) is 0 Å². The van der Waals surface area contributed by atoms with Crippen LogP contribution in [0.5, 0.6) is 11.5 Å². The van der Waals surface area contributed by atoms with E-state index in [9.17, 15) is 0 Å². The van der Waals surface area contributed by atoms with Crippen molar-refractivity contribution in [2.75, 3.05) is 24.0 Å². The highest BCUT2D eigenvalue weighted by atomic mass is 16.5.